The van der Waals surface area contributed by atoms with Crippen molar-refractivity contribution in [3.63, 3.8) is 0 Å². The molecule has 0 saturated heterocycles. The Morgan fingerprint density at radius 3 is 2.95 bits per heavy atom. The van der Waals surface area contributed by atoms with Crippen LogP contribution in [0.2, 0.25) is 0 Å². The first-order valence-electron chi connectivity index (χ1n) is 7.04. The van der Waals surface area contributed by atoms with Crippen LogP contribution in [-0.2, 0) is 0 Å². The van der Waals surface area contributed by atoms with Gasteiger partial charge in [-0.15, -0.1) is 0 Å². The zero-order chi connectivity index (χ0) is 13.5. The Hall–Kier alpha value is -1.67. The van der Waals surface area contributed by atoms with Gasteiger partial charge in [0, 0.05) is 11.6 Å². The summed E-state index contributed by atoms with van der Waals surface area (Å²) in [7, 11) is 0. The number of hydrogen-bond donors (Lipinski definition) is 1. The molecule has 2 nitrogen and oxygen atoms in total. The molecule has 0 spiro atoms. The molecule has 0 saturated carbocycles. The first kappa shape index (κ1) is 13.8. The van der Waals surface area contributed by atoms with Gasteiger partial charge in [-0.1, -0.05) is 31.2 Å². The van der Waals surface area contributed by atoms with E-state index in [1.165, 1.54) is 22.9 Å². The summed E-state index contributed by atoms with van der Waals surface area (Å²) >= 11 is 0. The molecule has 1 N–H and O–H groups in total. The van der Waals surface area contributed by atoms with Gasteiger partial charge in [-0.25, -0.2) is 0 Å². The van der Waals surface area contributed by atoms with Crippen molar-refractivity contribution in [2.75, 3.05) is 13.1 Å². The third-order valence-electron chi connectivity index (χ3n) is 3.24. The minimum atomic E-state index is 1.05. The van der Waals surface area contributed by atoms with Gasteiger partial charge in [0.2, 0.25) is 0 Å². The van der Waals surface area contributed by atoms with E-state index >= 15 is 0 Å². The van der Waals surface area contributed by atoms with Crippen LogP contribution >= 0.6 is 0 Å². The van der Waals surface area contributed by atoms with Crippen molar-refractivity contribution >= 4 is 16.5 Å². The highest BCUT2D eigenvalue weighted by Crippen LogP contribution is 2.18. The van der Waals surface area contributed by atoms with Crippen LogP contribution in [0.1, 0.15) is 32.3 Å². The number of nitrogens with one attached hydrogen (secondary N) is 1. The van der Waals surface area contributed by atoms with Crippen LogP contribution in [0.15, 0.2) is 42.6 Å². The highest BCUT2D eigenvalue weighted by molar-refractivity contribution is 5.82. The summed E-state index contributed by atoms with van der Waals surface area (Å²) in [6, 6.07) is 10.5. The molecule has 19 heavy (non-hydrogen) atoms. The van der Waals surface area contributed by atoms with Gasteiger partial charge in [-0.3, -0.25) is 4.98 Å². The fourth-order valence-corrected chi connectivity index (χ4v) is 2.10. The second-order valence-corrected chi connectivity index (χ2v) is 4.84. The minimum absolute atomic E-state index is 1.05. The molecule has 0 radical (unpaired) electrons. The van der Waals surface area contributed by atoms with Crippen LogP contribution in [-0.4, -0.2) is 18.1 Å². The Labute approximate surface area is 115 Å². The van der Waals surface area contributed by atoms with Gasteiger partial charge >= 0.3 is 0 Å². The molecule has 0 aliphatic carbocycles. The van der Waals surface area contributed by atoms with Gasteiger partial charge < -0.3 is 5.32 Å². The third kappa shape index (κ3) is 3.90. The Morgan fingerprint density at radius 1 is 1.26 bits per heavy atom. The number of rotatable bonds is 6. The van der Waals surface area contributed by atoms with Crippen molar-refractivity contribution < 1.29 is 0 Å². The number of hydrogen-bond acceptors (Lipinski definition) is 2. The summed E-state index contributed by atoms with van der Waals surface area (Å²) in [4.78, 5) is 4.50. The standard InChI is InChI=1S/C17H22N2/c1-3-10-18-11-6-7-14(2)16-12-15-8-4-5-9-17(15)19-13-16/h4-5,7-9,12-13,18H,3,6,10-11H2,1-2H3. The number of fused-ring (bicyclic) bond motifs is 1. The number of allylic oxidation sites excluding steroid dienone is 1. The van der Waals surface area contributed by atoms with E-state index in [0.29, 0.717) is 0 Å². The van der Waals surface area contributed by atoms with E-state index in [9.17, 15) is 0 Å². The van der Waals surface area contributed by atoms with Crippen molar-refractivity contribution in [1.82, 2.24) is 10.3 Å². The van der Waals surface area contributed by atoms with Crippen molar-refractivity contribution in [2.24, 2.45) is 0 Å². The van der Waals surface area contributed by atoms with Gasteiger partial charge in [0.15, 0.2) is 0 Å². The molecule has 0 bridgehead atoms. The summed E-state index contributed by atoms with van der Waals surface area (Å²) in [5.41, 5.74) is 3.58. The topological polar surface area (TPSA) is 24.9 Å². The summed E-state index contributed by atoms with van der Waals surface area (Å²) in [5.74, 6) is 0. The second kappa shape index (κ2) is 7.05. The van der Waals surface area contributed by atoms with Crippen molar-refractivity contribution in [1.29, 1.82) is 0 Å². The largest absolute Gasteiger partial charge is 0.316 e. The number of pyridine rings is 1. The summed E-state index contributed by atoms with van der Waals surface area (Å²) in [6.07, 6.45) is 6.51. The molecule has 100 valence electrons. The highest BCUT2D eigenvalue weighted by Gasteiger charge is 1.99. The molecule has 2 heteroatoms. The normalized spacial score (nSPS) is 12.0. The number of nitrogens with zero attached hydrogens (tertiary/aromatic N) is 1. The first-order chi connectivity index (χ1) is 9.31. The maximum Gasteiger partial charge on any atom is 0.0702 e. The number of aromatic nitrogens is 1. The van der Waals surface area contributed by atoms with Crippen molar-refractivity contribution in [2.45, 2.75) is 26.7 Å². The smallest absolute Gasteiger partial charge is 0.0702 e. The molecule has 0 aliphatic heterocycles. The van der Waals surface area contributed by atoms with E-state index in [0.717, 1.165) is 25.0 Å². The lowest BCUT2D eigenvalue weighted by Crippen LogP contribution is -2.15. The lowest BCUT2D eigenvalue weighted by Gasteiger charge is -2.04. The maximum absolute atomic E-state index is 4.50. The van der Waals surface area contributed by atoms with Crippen LogP contribution in [0.25, 0.3) is 16.5 Å². The van der Waals surface area contributed by atoms with Gasteiger partial charge in [-0.2, -0.15) is 0 Å². The van der Waals surface area contributed by atoms with Crippen molar-refractivity contribution in [3.05, 3.63) is 48.2 Å². The zero-order valence-corrected chi connectivity index (χ0v) is 11.8. The molecular weight excluding hydrogens is 232 g/mol. The molecule has 1 heterocycles. The van der Waals surface area contributed by atoms with Crippen molar-refractivity contribution in [3.8, 4) is 0 Å². The predicted octanol–water partition coefficient (Wildman–Crippen LogP) is 4.03. The molecule has 0 atom stereocenters. The van der Waals surface area contributed by atoms with Crippen LogP contribution < -0.4 is 5.32 Å². The van der Waals surface area contributed by atoms with E-state index in [1.807, 2.05) is 18.3 Å². The van der Waals surface area contributed by atoms with Crippen LogP contribution in [0.4, 0.5) is 0 Å². The number of benzene rings is 1. The van der Waals surface area contributed by atoms with Crippen LogP contribution in [0.5, 0.6) is 0 Å². The molecule has 1 aromatic carbocycles. The maximum atomic E-state index is 4.50. The van der Waals surface area contributed by atoms with Gasteiger partial charge in [0.1, 0.15) is 0 Å². The zero-order valence-electron chi connectivity index (χ0n) is 11.8. The van der Waals surface area contributed by atoms with E-state index in [-0.39, 0.29) is 0 Å². The lowest BCUT2D eigenvalue weighted by molar-refractivity contribution is 0.678. The Kier molecular flexibility index (Phi) is 5.10. The molecule has 0 aliphatic rings. The second-order valence-electron chi connectivity index (χ2n) is 4.84. The fraction of sp³-hybridized carbons (Fsp3) is 0.353. The molecule has 0 fully saturated rings. The third-order valence-corrected chi connectivity index (χ3v) is 3.24. The highest BCUT2D eigenvalue weighted by atomic mass is 14.8. The van der Waals surface area contributed by atoms with E-state index in [2.05, 4.69) is 48.4 Å². The lowest BCUT2D eigenvalue weighted by atomic mass is 10.1. The first-order valence-corrected chi connectivity index (χ1v) is 7.04. The van der Waals surface area contributed by atoms with E-state index < -0.39 is 0 Å². The number of para-hydroxylation sites is 1. The summed E-state index contributed by atoms with van der Waals surface area (Å²) in [6.45, 7) is 6.50. The molecule has 2 aromatic rings. The van der Waals surface area contributed by atoms with E-state index in [4.69, 9.17) is 0 Å². The molecule has 0 unspecified atom stereocenters. The summed E-state index contributed by atoms with van der Waals surface area (Å²) < 4.78 is 0. The Balaban J connectivity index is 2.04. The molecule has 0 amide bonds. The fourth-order valence-electron chi connectivity index (χ4n) is 2.10. The summed E-state index contributed by atoms with van der Waals surface area (Å²) in [5, 5.41) is 4.62. The molecule has 1 aromatic heterocycles. The SMILES string of the molecule is CCCNCCC=C(C)c1cnc2ccccc2c1. The Morgan fingerprint density at radius 2 is 2.11 bits per heavy atom. The average molecular weight is 254 g/mol. The Bertz CT molecular complexity index is 558. The van der Waals surface area contributed by atoms with E-state index in [1.54, 1.807) is 0 Å². The minimum Gasteiger partial charge on any atom is -0.316 e. The average Bonchev–Trinajstić information content (AvgIpc) is 2.46. The van der Waals surface area contributed by atoms with Crippen LogP contribution in [0, 0.1) is 0 Å². The quantitative estimate of drug-likeness (QED) is 0.787. The van der Waals surface area contributed by atoms with Crippen LogP contribution in [0.3, 0.4) is 0 Å². The van der Waals surface area contributed by atoms with Gasteiger partial charge in [-0.05, 0) is 56.1 Å². The van der Waals surface area contributed by atoms with Gasteiger partial charge in [0.05, 0.1) is 5.52 Å². The molecule has 2 rings (SSSR count). The van der Waals surface area contributed by atoms with Gasteiger partial charge in [0.25, 0.3) is 0 Å². The monoisotopic (exact) mass is 254 g/mol. The predicted molar refractivity (Wildman–Crippen MR) is 83.2 cm³/mol. The molecular formula is C17H22N2.